The van der Waals surface area contributed by atoms with Crippen LogP contribution in [0.3, 0.4) is 0 Å². The second kappa shape index (κ2) is 4.37. The topological polar surface area (TPSA) is 23.8 Å². The Morgan fingerprint density at radius 3 is 2.33 bits per heavy atom. The molecule has 0 bridgehead atoms. The van der Waals surface area contributed by atoms with Crippen molar-refractivity contribution in [2.24, 2.45) is 0 Å². The molecular formula is C13H16BrN. The third kappa shape index (κ3) is 2.60. The first-order chi connectivity index (χ1) is 6.88. The van der Waals surface area contributed by atoms with Gasteiger partial charge in [-0.2, -0.15) is 5.26 Å². The molecule has 0 N–H and O–H groups in total. The molecule has 0 aliphatic rings. The summed E-state index contributed by atoms with van der Waals surface area (Å²) in [5, 5.41) is 9.05. The molecule has 0 aliphatic carbocycles. The number of halogens is 1. The van der Waals surface area contributed by atoms with Gasteiger partial charge in [0.05, 0.1) is 11.5 Å². The zero-order valence-corrected chi connectivity index (χ0v) is 11.2. The summed E-state index contributed by atoms with van der Waals surface area (Å²) in [6, 6.07) is 8.51. The number of hydrogen-bond donors (Lipinski definition) is 0. The van der Waals surface area contributed by atoms with Gasteiger partial charge in [-0.25, -0.2) is 0 Å². The number of hydrogen-bond acceptors (Lipinski definition) is 1. The minimum atomic E-state index is -0.419. The Balaban J connectivity index is 3.19. The van der Waals surface area contributed by atoms with Crippen molar-refractivity contribution in [2.45, 2.75) is 39.0 Å². The Labute approximate surface area is 100 Å². The van der Waals surface area contributed by atoms with Crippen molar-refractivity contribution < 1.29 is 0 Å². The van der Waals surface area contributed by atoms with Gasteiger partial charge in [0, 0.05) is 4.47 Å². The molecule has 0 amide bonds. The fourth-order valence-electron chi connectivity index (χ4n) is 1.45. The molecule has 0 aliphatic heterocycles. The van der Waals surface area contributed by atoms with Gasteiger partial charge in [-0.15, -0.1) is 0 Å². The molecule has 0 heterocycles. The minimum absolute atomic E-state index is 0.419. The van der Waals surface area contributed by atoms with Gasteiger partial charge in [0.2, 0.25) is 0 Å². The molecule has 0 fully saturated rings. The molecule has 1 nitrogen and oxygen atoms in total. The highest BCUT2D eigenvalue weighted by Gasteiger charge is 2.20. The van der Waals surface area contributed by atoms with E-state index in [-0.39, 0.29) is 0 Å². The van der Waals surface area contributed by atoms with Gasteiger partial charge in [0.25, 0.3) is 0 Å². The summed E-state index contributed by atoms with van der Waals surface area (Å²) < 4.78 is 1.10. The predicted molar refractivity (Wildman–Crippen MR) is 66.9 cm³/mol. The first kappa shape index (κ1) is 12.3. The monoisotopic (exact) mass is 265 g/mol. The van der Waals surface area contributed by atoms with Crippen LogP contribution in [0.2, 0.25) is 0 Å². The fourth-order valence-corrected chi connectivity index (χ4v) is 2.29. The van der Waals surface area contributed by atoms with Crippen LogP contribution in [0.15, 0.2) is 22.7 Å². The van der Waals surface area contributed by atoms with Crippen LogP contribution in [0, 0.1) is 11.3 Å². The van der Waals surface area contributed by atoms with E-state index in [0.29, 0.717) is 5.92 Å². The van der Waals surface area contributed by atoms with Gasteiger partial charge in [-0.1, -0.05) is 41.9 Å². The van der Waals surface area contributed by atoms with E-state index in [9.17, 15) is 0 Å². The highest BCUT2D eigenvalue weighted by molar-refractivity contribution is 9.10. The lowest BCUT2D eigenvalue weighted by Crippen LogP contribution is -2.13. The van der Waals surface area contributed by atoms with Gasteiger partial charge in [-0.3, -0.25) is 0 Å². The molecule has 0 unspecified atom stereocenters. The maximum absolute atomic E-state index is 9.05. The molecule has 80 valence electrons. The summed E-state index contributed by atoms with van der Waals surface area (Å²) >= 11 is 3.56. The van der Waals surface area contributed by atoms with Crippen molar-refractivity contribution in [2.75, 3.05) is 0 Å². The molecule has 0 saturated heterocycles. The van der Waals surface area contributed by atoms with Crippen LogP contribution in [0.4, 0.5) is 0 Å². The second-order valence-electron chi connectivity index (χ2n) is 4.63. The SMILES string of the molecule is CC(C)c1ccc(C(C)(C)C#N)cc1Br. The molecule has 15 heavy (non-hydrogen) atoms. The molecule has 1 rings (SSSR count). The lowest BCUT2D eigenvalue weighted by atomic mass is 9.85. The largest absolute Gasteiger partial charge is 0.197 e. The molecule has 0 radical (unpaired) electrons. The van der Waals surface area contributed by atoms with E-state index in [1.807, 2.05) is 19.9 Å². The summed E-state index contributed by atoms with van der Waals surface area (Å²) in [7, 11) is 0. The lowest BCUT2D eigenvalue weighted by Gasteiger charge is -2.18. The van der Waals surface area contributed by atoms with Gasteiger partial charge < -0.3 is 0 Å². The number of rotatable bonds is 2. The van der Waals surface area contributed by atoms with E-state index < -0.39 is 5.41 Å². The Bertz CT molecular complexity index is 399. The molecule has 0 spiro atoms. The highest BCUT2D eigenvalue weighted by atomic mass is 79.9. The van der Waals surface area contributed by atoms with Crippen molar-refractivity contribution >= 4 is 15.9 Å². The average Bonchev–Trinajstić information content (AvgIpc) is 2.17. The van der Waals surface area contributed by atoms with Gasteiger partial charge in [0.15, 0.2) is 0 Å². The first-order valence-electron chi connectivity index (χ1n) is 5.09. The summed E-state index contributed by atoms with van der Waals surface area (Å²) in [5.41, 5.74) is 1.92. The van der Waals surface area contributed by atoms with E-state index in [0.717, 1.165) is 10.0 Å². The van der Waals surface area contributed by atoms with Crippen molar-refractivity contribution in [1.29, 1.82) is 5.26 Å². The van der Waals surface area contributed by atoms with Gasteiger partial charge in [-0.05, 0) is 37.0 Å². The zero-order valence-electron chi connectivity index (χ0n) is 9.63. The van der Waals surface area contributed by atoms with Gasteiger partial charge in [0.1, 0.15) is 0 Å². The van der Waals surface area contributed by atoms with E-state index in [4.69, 9.17) is 5.26 Å². The molecule has 0 aromatic heterocycles. The van der Waals surface area contributed by atoms with E-state index >= 15 is 0 Å². The Hall–Kier alpha value is -0.810. The molecule has 1 aromatic carbocycles. The highest BCUT2D eigenvalue weighted by Crippen LogP contribution is 2.30. The van der Waals surface area contributed by atoms with Crippen molar-refractivity contribution in [3.8, 4) is 6.07 Å². The summed E-state index contributed by atoms with van der Waals surface area (Å²) in [4.78, 5) is 0. The predicted octanol–water partition coefficient (Wildman–Crippen LogP) is 4.37. The van der Waals surface area contributed by atoms with E-state index in [1.165, 1.54) is 5.56 Å². The number of benzene rings is 1. The lowest BCUT2D eigenvalue weighted by molar-refractivity contribution is 0.685. The van der Waals surface area contributed by atoms with Crippen LogP contribution in [-0.4, -0.2) is 0 Å². The Morgan fingerprint density at radius 1 is 1.33 bits per heavy atom. The summed E-state index contributed by atoms with van der Waals surface area (Å²) in [5.74, 6) is 0.499. The van der Waals surface area contributed by atoms with Crippen molar-refractivity contribution in [3.63, 3.8) is 0 Å². The number of nitrogens with zero attached hydrogens (tertiary/aromatic N) is 1. The minimum Gasteiger partial charge on any atom is -0.197 e. The van der Waals surface area contributed by atoms with Crippen LogP contribution in [-0.2, 0) is 5.41 Å². The summed E-state index contributed by atoms with van der Waals surface area (Å²) in [6.45, 7) is 8.19. The standard InChI is InChI=1S/C13H16BrN/c1-9(2)11-6-5-10(7-12(11)14)13(3,4)8-15/h5-7,9H,1-4H3. The Kier molecular flexibility index (Phi) is 3.57. The smallest absolute Gasteiger partial charge is 0.0766 e. The zero-order chi connectivity index (χ0) is 11.6. The van der Waals surface area contributed by atoms with Crippen LogP contribution in [0.5, 0.6) is 0 Å². The molecule has 1 aromatic rings. The number of nitriles is 1. The molecule has 0 atom stereocenters. The van der Waals surface area contributed by atoms with Crippen LogP contribution >= 0.6 is 15.9 Å². The normalized spacial score (nSPS) is 11.5. The quantitative estimate of drug-likeness (QED) is 0.779. The fraction of sp³-hybridized carbons (Fsp3) is 0.462. The van der Waals surface area contributed by atoms with Crippen molar-refractivity contribution in [3.05, 3.63) is 33.8 Å². The Morgan fingerprint density at radius 2 is 1.93 bits per heavy atom. The average molecular weight is 266 g/mol. The first-order valence-corrected chi connectivity index (χ1v) is 5.89. The third-order valence-corrected chi connectivity index (χ3v) is 3.31. The third-order valence-electron chi connectivity index (χ3n) is 2.62. The van der Waals surface area contributed by atoms with Crippen LogP contribution in [0.1, 0.15) is 44.7 Å². The van der Waals surface area contributed by atoms with E-state index in [1.54, 1.807) is 0 Å². The van der Waals surface area contributed by atoms with Crippen LogP contribution in [0.25, 0.3) is 0 Å². The van der Waals surface area contributed by atoms with Gasteiger partial charge >= 0.3 is 0 Å². The van der Waals surface area contributed by atoms with Crippen molar-refractivity contribution in [1.82, 2.24) is 0 Å². The molecular weight excluding hydrogens is 250 g/mol. The maximum Gasteiger partial charge on any atom is 0.0766 e. The van der Waals surface area contributed by atoms with E-state index in [2.05, 4.69) is 48.0 Å². The molecule has 2 heteroatoms. The second-order valence-corrected chi connectivity index (χ2v) is 5.48. The van der Waals surface area contributed by atoms with Crippen LogP contribution < -0.4 is 0 Å². The summed E-state index contributed by atoms with van der Waals surface area (Å²) in [6.07, 6.45) is 0. The maximum atomic E-state index is 9.05. The molecule has 0 saturated carbocycles.